The van der Waals surface area contributed by atoms with Gasteiger partial charge in [0.15, 0.2) is 0 Å². The highest BCUT2D eigenvalue weighted by Crippen LogP contribution is 2.27. The minimum atomic E-state index is -4.19. The molecule has 24 heavy (non-hydrogen) atoms. The number of alkyl halides is 3. The van der Waals surface area contributed by atoms with Crippen LogP contribution < -0.4 is 0 Å². The lowest BCUT2D eigenvalue weighted by molar-refractivity contribution is -0.184. The molecule has 7 heteroatoms. The van der Waals surface area contributed by atoms with Gasteiger partial charge in [0.25, 0.3) is 0 Å². The van der Waals surface area contributed by atoms with Crippen LogP contribution in [0.3, 0.4) is 0 Å². The lowest BCUT2D eigenvalue weighted by atomic mass is 9.93. The Hall–Kier alpha value is -0.820. The van der Waals surface area contributed by atoms with Crippen molar-refractivity contribution in [3.05, 3.63) is 0 Å². The molecule has 2 aliphatic heterocycles. The predicted molar refractivity (Wildman–Crippen MR) is 87.7 cm³/mol. The van der Waals surface area contributed by atoms with Crippen molar-refractivity contribution >= 4 is 5.91 Å². The number of piperazine rings is 1. The van der Waals surface area contributed by atoms with E-state index in [4.69, 9.17) is 0 Å². The van der Waals surface area contributed by atoms with Crippen molar-refractivity contribution in [2.45, 2.75) is 58.8 Å². The van der Waals surface area contributed by atoms with Crippen molar-refractivity contribution < 1.29 is 18.0 Å². The summed E-state index contributed by atoms with van der Waals surface area (Å²) in [4.78, 5) is 18.2. The van der Waals surface area contributed by atoms with Gasteiger partial charge in [0, 0.05) is 39.3 Å². The van der Waals surface area contributed by atoms with Gasteiger partial charge in [0.05, 0.1) is 6.04 Å². The molecule has 2 saturated heterocycles. The zero-order valence-electron chi connectivity index (χ0n) is 15.2. The van der Waals surface area contributed by atoms with E-state index in [1.54, 1.807) is 0 Å². The molecular weight excluding hydrogens is 319 g/mol. The summed E-state index contributed by atoms with van der Waals surface area (Å²) in [6.45, 7) is 10.9. The van der Waals surface area contributed by atoms with E-state index in [2.05, 4.69) is 25.7 Å². The Morgan fingerprint density at radius 1 is 1.08 bits per heavy atom. The molecule has 0 saturated carbocycles. The Balaban J connectivity index is 1.92. The summed E-state index contributed by atoms with van der Waals surface area (Å²) in [5.74, 6) is 0.147. The first-order chi connectivity index (χ1) is 11.0. The molecule has 1 amide bonds. The van der Waals surface area contributed by atoms with Crippen molar-refractivity contribution in [3.63, 3.8) is 0 Å². The van der Waals surface area contributed by atoms with Gasteiger partial charge in [-0.3, -0.25) is 14.6 Å². The summed E-state index contributed by atoms with van der Waals surface area (Å²) in [5.41, 5.74) is 0.0540. The third-order valence-electron chi connectivity index (χ3n) is 4.98. The molecule has 0 aromatic heterocycles. The Morgan fingerprint density at radius 2 is 1.67 bits per heavy atom. The van der Waals surface area contributed by atoms with Crippen molar-refractivity contribution in [1.29, 1.82) is 0 Å². The van der Waals surface area contributed by atoms with Gasteiger partial charge in [-0.2, -0.15) is 13.2 Å². The van der Waals surface area contributed by atoms with E-state index in [1.165, 1.54) is 11.8 Å². The molecular formula is C17H30F3N3O. The normalized spacial score (nSPS) is 26.7. The molecule has 0 unspecified atom stereocenters. The van der Waals surface area contributed by atoms with Crippen molar-refractivity contribution in [1.82, 2.24) is 14.7 Å². The number of amides is 1. The number of nitrogens with zero attached hydrogens (tertiary/aromatic N) is 3. The van der Waals surface area contributed by atoms with Gasteiger partial charge in [0.2, 0.25) is 5.91 Å². The third kappa shape index (κ3) is 4.85. The molecule has 0 aromatic rings. The van der Waals surface area contributed by atoms with Crippen LogP contribution in [0.1, 0.15) is 40.5 Å². The number of piperidine rings is 1. The van der Waals surface area contributed by atoms with Crippen LogP contribution >= 0.6 is 0 Å². The molecule has 4 nitrogen and oxygen atoms in total. The number of likely N-dealkylation sites (tertiary alicyclic amines) is 1. The van der Waals surface area contributed by atoms with Gasteiger partial charge in [-0.05, 0) is 25.2 Å². The molecule has 140 valence electrons. The smallest absolute Gasteiger partial charge is 0.341 e. The maximum absolute atomic E-state index is 12.8. The molecule has 0 radical (unpaired) electrons. The minimum absolute atomic E-state index is 0.0540. The zero-order valence-corrected chi connectivity index (χ0v) is 15.2. The van der Waals surface area contributed by atoms with Crippen LogP contribution in [-0.4, -0.2) is 78.1 Å². The van der Waals surface area contributed by atoms with E-state index in [0.717, 1.165) is 25.9 Å². The fourth-order valence-electron chi connectivity index (χ4n) is 3.63. The number of halogens is 3. The Bertz CT molecular complexity index is 439. The van der Waals surface area contributed by atoms with Crippen LogP contribution in [0.2, 0.25) is 0 Å². The highest BCUT2D eigenvalue weighted by atomic mass is 19.4. The topological polar surface area (TPSA) is 26.8 Å². The highest BCUT2D eigenvalue weighted by molar-refractivity contribution is 5.82. The standard InChI is InChI=1S/C17H30F3N3O/c1-13(17(18,19)20)21-8-10-22(11-9-21)14-6-5-7-23(15(14)24)12-16(2,3)4/h13-14H,5-12H2,1-4H3/t13-,14+/m0/s1. The molecule has 2 rings (SSSR count). The third-order valence-corrected chi connectivity index (χ3v) is 4.98. The lowest BCUT2D eigenvalue weighted by Gasteiger charge is -2.44. The van der Waals surface area contributed by atoms with E-state index in [9.17, 15) is 18.0 Å². The van der Waals surface area contributed by atoms with Gasteiger partial charge in [-0.25, -0.2) is 0 Å². The number of hydrogen-bond acceptors (Lipinski definition) is 3. The second-order valence-corrected chi connectivity index (χ2v) is 8.27. The summed E-state index contributed by atoms with van der Waals surface area (Å²) < 4.78 is 38.5. The van der Waals surface area contributed by atoms with E-state index in [0.29, 0.717) is 26.2 Å². The van der Waals surface area contributed by atoms with Gasteiger partial charge in [-0.15, -0.1) is 0 Å². The van der Waals surface area contributed by atoms with Crippen LogP contribution in [0.25, 0.3) is 0 Å². The quantitative estimate of drug-likeness (QED) is 0.784. The molecule has 0 spiro atoms. The Morgan fingerprint density at radius 3 is 2.17 bits per heavy atom. The van der Waals surface area contributed by atoms with Crippen LogP contribution in [0.4, 0.5) is 13.2 Å². The first-order valence-electron chi connectivity index (χ1n) is 8.82. The SMILES string of the molecule is C[C@H](N1CCN([C@@H]2CCCN(CC(C)(C)C)C2=O)CC1)C(F)(F)F. The van der Waals surface area contributed by atoms with Crippen LogP contribution in [0, 0.1) is 5.41 Å². The molecule has 0 aliphatic carbocycles. The van der Waals surface area contributed by atoms with Gasteiger partial charge in [0.1, 0.15) is 6.04 Å². The van der Waals surface area contributed by atoms with Crippen molar-refractivity contribution in [2.24, 2.45) is 5.41 Å². The molecule has 0 N–H and O–H groups in total. The lowest BCUT2D eigenvalue weighted by Crippen LogP contribution is -2.60. The zero-order chi connectivity index (χ0) is 18.1. The summed E-state index contributed by atoms with van der Waals surface area (Å²) in [7, 11) is 0. The molecule has 0 aromatic carbocycles. The second kappa shape index (κ2) is 7.20. The van der Waals surface area contributed by atoms with Crippen molar-refractivity contribution in [2.75, 3.05) is 39.3 Å². The maximum atomic E-state index is 12.8. The van der Waals surface area contributed by atoms with E-state index >= 15 is 0 Å². The molecule has 2 aliphatic rings. The number of rotatable bonds is 3. The summed E-state index contributed by atoms with van der Waals surface area (Å²) >= 11 is 0. The van der Waals surface area contributed by atoms with Gasteiger partial charge in [-0.1, -0.05) is 20.8 Å². The first kappa shape index (κ1) is 19.5. The fourth-order valence-corrected chi connectivity index (χ4v) is 3.63. The molecule has 2 atom stereocenters. The predicted octanol–water partition coefficient (Wildman–Crippen LogP) is 2.59. The Labute approximate surface area is 143 Å². The van der Waals surface area contributed by atoms with Crippen LogP contribution in [0.15, 0.2) is 0 Å². The first-order valence-corrected chi connectivity index (χ1v) is 8.82. The van der Waals surface area contributed by atoms with Gasteiger partial charge < -0.3 is 4.90 Å². The van der Waals surface area contributed by atoms with Crippen LogP contribution in [-0.2, 0) is 4.79 Å². The minimum Gasteiger partial charge on any atom is -0.341 e. The summed E-state index contributed by atoms with van der Waals surface area (Å²) in [6, 6.07) is -1.58. The van der Waals surface area contributed by atoms with E-state index in [1.807, 2.05) is 4.90 Å². The number of hydrogen-bond donors (Lipinski definition) is 0. The largest absolute Gasteiger partial charge is 0.403 e. The summed E-state index contributed by atoms with van der Waals surface area (Å²) in [5, 5.41) is 0. The molecule has 2 heterocycles. The van der Waals surface area contributed by atoms with E-state index in [-0.39, 0.29) is 17.4 Å². The summed E-state index contributed by atoms with van der Waals surface area (Å²) in [6.07, 6.45) is -2.41. The highest BCUT2D eigenvalue weighted by Gasteiger charge is 2.42. The number of carbonyl (C=O) groups excluding carboxylic acids is 1. The fraction of sp³-hybridized carbons (Fsp3) is 0.941. The Kier molecular flexibility index (Phi) is 5.85. The average molecular weight is 349 g/mol. The van der Waals surface area contributed by atoms with Crippen molar-refractivity contribution in [3.8, 4) is 0 Å². The second-order valence-electron chi connectivity index (χ2n) is 8.27. The van der Waals surface area contributed by atoms with Crippen LogP contribution in [0.5, 0.6) is 0 Å². The van der Waals surface area contributed by atoms with E-state index < -0.39 is 12.2 Å². The monoisotopic (exact) mass is 349 g/mol. The maximum Gasteiger partial charge on any atom is 0.403 e. The number of carbonyl (C=O) groups is 1. The molecule has 0 bridgehead atoms. The van der Waals surface area contributed by atoms with Gasteiger partial charge >= 0.3 is 6.18 Å². The average Bonchev–Trinajstić information content (AvgIpc) is 2.47. The molecule has 2 fully saturated rings.